The van der Waals surface area contributed by atoms with Crippen molar-refractivity contribution in [1.29, 1.82) is 0 Å². The Morgan fingerprint density at radius 2 is 2.14 bits per heavy atom. The molecule has 3 heterocycles. The number of rotatable bonds is 4. The summed E-state index contributed by atoms with van der Waals surface area (Å²) >= 11 is 5.83. The summed E-state index contributed by atoms with van der Waals surface area (Å²) in [5, 5.41) is 11.1. The third kappa shape index (κ3) is 3.01. The maximum Gasteiger partial charge on any atom is 0.417 e. The minimum absolute atomic E-state index is 0.0544. The lowest BCUT2D eigenvalue weighted by Crippen LogP contribution is -2.12. The van der Waals surface area contributed by atoms with Crippen molar-refractivity contribution in [3.8, 4) is 0 Å². The summed E-state index contributed by atoms with van der Waals surface area (Å²) in [4.78, 5) is 3.73. The van der Waals surface area contributed by atoms with Crippen LogP contribution in [0.1, 0.15) is 23.6 Å². The first-order valence-corrected chi connectivity index (χ1v) is 7.20. The van der Waals surface area contributed by atoms with E-state index in [0.717, 1.165) is 43.3 Å². The van der Waals surface area contributed by atoms with E-state index >= 15 is 0 Å². The van der Waals surface area contributed by atoms with Gasteiger partial charge in [0.05, 0.1) is 10.6 Å². The van der Waals surface area contributed by atoms with Crippen molar-refractivity contribution in [1.82, 2.24) is 19.7 Å². The molecular formula is C13H13ClF3N5. The number of alkyl halides is 3. The van der Waals surface area contributed by atoms with Crippen molar-refractivity contribution in [3.05, 3.63) is 34.5 Å². The van der Waals surface area contributed by atoms with Crippen LogP contribution in [0.2, 0.25) is 5.02 Å². The molecular weight excluding hydrogens is 319 g/mol. The fraction of sp³-hybridized carbons (Fsp3) is 0.462. The molecule has 0 aromatic carbocycles. The second kappa shape index (κ2) is 5.75. The topological polar surface area (TPSA) is 55.6 Å². The fourth-order valence-corrected chi connectivity index (χ4v) is 2.64. The van der Waals surface area contributed by atoms with Crippen LogP contribution in [-0.4, -0.2) is 26.3 Å². The fourth-order valence-electron chi connectivity index (χ4n) is 2.41. The second-order valence-electron chi connectivity index (χ2n) is 5.02. The van der Waals surface area contributed by atoms with Gasteiger partial charge in [-0.3, -0.25) is 0 Å². The smallest absolute Gasteiger partial charge is 0.368 e. The standard InChI is InChI=1S/C13H13ClF3N5/c14-9-6-8(13(15,16)17)7-19-12(9)18-4-3-11-21-20-10-2-1-5-22(10)11/h6-7H,1-5H2,(H,18,19). The SMILES string of the molecule is FC(F)(F)c1cnc(NCCc2nnc3n2CCC3)c(Cl)c1. The van der Waals surface area contributed by atoms with Gasteiger partial charge in [-0.25, -0.2) is 4.98 Å². The summed E-state index contributed by atoms with van der Waals surface area (Å²) < 4.78 is 39.7. The third-order valence-corrected chi connectivity index (χ3v) is 3.78. The van der Waals surface area contributed by atoms with E-state index in [4.69, 9.17) is 11.6 Å². The molecule has 0 saturated heterocycles. The monoisotopic (exact) mass is 331 g/mol. The molecule has 118 valence electrons. The zero-order valence-electron chi connectivity index (χ0n) is 11.5. The predicted molar refractivity (Wildman–Crippen MR) is 74.8 cm³/mol. The minimum Gasteiger partial charge on any atom is -0.368 e. The Morgan fingerprint density at radius 3 is 2.86 bits per heavy atom. The average molecular weight is 332 g/mol. The van der Waals surface area contributed by atoms with Gasteiger partial charge in [0.2, 0.25) is 0 Å². The molecule has 1 aliphatic heterocycles. The molecule has 1 N–H and O–H groups in total. The molecule has 0 spiro atoms. The van der Waals surface area contributed by atoms with Gasteiger partial charge in [-0.2, -0.15) is 13.2 Å². The molecule has 0 bridgehead atoms. The summed E-state index contributed by atoms with van der Waals surface area (Å²) in [6.45, 7) is 1.38. The first-order valence-electron chi connectivity index (χ1n) is 6.83. The summed E-state index contributed by atoms with van der Waals surface area (Å²) in [5.41, 5.74) is -0.863. The normalized spacial score (nSPS) is 14.2. The maximum absolute atomic E-state index is 12.5. The number of pyridine rings is 1. The Morgan fingerprint density at radius 1 is 1.32 bits per heavy atom. The summed E-state index contributed by atoms with van der Waals surface area (Å²) in [5.74, 6) is 2.08. The molecule has 0 unspecified atom stereocenters. The van der Waals surface area contributed by atoms with Gasteiger partial charge in [0.1, 0.15) is 17.5 Å². The van der Waals surface area contributed by atoms with Gasteiger partial charge >= 0.3 is 6.18 Å². The first-order chi connectivity index (χ1) is 10.4. The Labute approximate surface area is 129 Å². The number of hydrogen-bond acceptors (Lipinski definition) is 4. The highest BCUT2D eigenvalue weighted by molar-refractivity contribution is 6.32. The molecule has 3 rings (SSSR count). The van der Waals surface area contributed by atoms with Crippen LogP contribution in [0, 0.1) is 0 Å². The van der Waals surface area contributed by atoms with E-state index in [1.54, 1.807) is 0 Å². The van der Waals surface area contributed by atoms with Gasteiger partial charge in [0, 0.05) is 32.1 Å². The lowest BCUT2D eigenvalue weighted by atomic mass is 10.2. The van der Waals surface area contributed by atoms with Crippen molar-refractivity contribution < 1.29 is 13.2 Å². The first kappa shape index (κ1) is 15.1. The van der Waals surface area contributed by atoms with Crippen molar-refractivity contribution >= 4 is 17.4 Å². The maximum atomic E-state index is 12.5. The largest absolute Gasteiger partial charge is 0.417 e. The molecule has 5 nitrogen and oxygen atoms in total. The molecule has 0 amide bonds. The molecule has 0 radical (unpaired) electrons. The van der Waals surface area contributed by atoms with E-state index in [2.05, 4.69) is 25.1 Å². The van der Waals surface area contributed by atoms with Crippen LogP contribution in [0.3, 0.4) is 0 Å². The third-order valence-electron chi connectivity index (χ3n) is 3.50. The van der Waals surface area contributed by atoms with Crippen molar-refractivity contribution in [3.63, 3.8) is 0 Å². The van der Waals surface area contributed by atoms with E-state index in [0.29, 0.717) is 13.0 Å². The summed E-state index contributed by atoms with van der Waals surface area (Å²) in [7, 11) is 0. The molecule has 0 saturated carbocycles. The second-order valence-corrected chi connectivity index (χ2v) is 5.42. The molecule has 2 aromatic rings. The minimum atomic E-state index is -4.45. The Bertz CT molecular complexity index is 683. The number of halogens is 4. The van der Waals surface area contributed by atoms with Crippen LogP contribution in [0.25, 0.3) is 0 Å². The zero-order chi connectivity index (χ0) is 15.7. The van der Waals surface area contributed by atoms with Crippen molar-refractivity contribution in [2.45, 2.75) is 32.0 Å². The van der Waals surface area contributed by atoms with Crippen LogP contribution in [-0.2, 0) is 25.6 Å². The Balaban J connectivity index is 1.62. The van der Waals surface area contributed by atoms with Gasteiger partial charge in [-0.15, -0.1) is 10.2 Å². The summed E-state index contributed by atoms with van der Waals surface area (Å²) in [6.07, 6.45) is -1.07. The van der Waals surface area contributed by atoms with E-state index < -0.39 is 11.7 Å². The van der Waals surface area contributed by atoms with E-state index in [-0.39, 0.29) is 10.8 Å². The highest BCUT2D eigenvalue weighted by atomic mass is 35.5. The van der Waals surface area contributed by atoms with Gasteiger partial charge in [-0.05, 0) is 12.5 Å². The van der Waals surface area contributed by atoms with E-state index in [1.165, 1.54) is 0 Å². The number of nitrogens with one attached hydrogen (secondary N) is 1. The van der Waals surface area contributed by atoms with Gasteiger partial charge in [-0.1, -0.05) is 11.6 Å². The predicted octanol–water partition coefficient (Wildman–Crippen LogP) is 2.95. The molecule has 0 atom stereocenters. The number of nitrogens with zero attached hydrogens (tertiary/aromatic N) is 4. The quantitative estimate of drug-likeness (QED) is 0.936. The highest BCUT2D eigenvalue weighted by Crippen LogP contribution is 2.32. The molecule has 0 fully saturated rings. The van der Waals surface area contributed by atoms with Crippen LogP contribution in [0.4, 0.5) is 19.0 Å². The Kier molecular flexibility index (Phi) is 3.94. The number of fused-ring (bicyclic) bond motifs is 1. The molecule has 1 aliphatic rings. The number of aryl methyl sites for hydroxylation is 1. The van der Waals surface area contributed by atoms with E-state index in [1.807, 2.05) is 0 Å². The average Bonchev–Trinajstić information content (AvgIpc) is 3.03. The Hall–Kier alpha value is -1.83. The van der Waals surface area contributed by atoms with Crippen LogP contribution in [0.5, 0.6) is 0 Å². The van der Waals surface area contributed by atoms with Crippen LogP contribution in [0.15, 0.2) is 12.3 Å². The molecule has 0 aliphatic carbocycles. The van der Waals surface area contributed by atoms with Gasteiger partial charge < -0.3 is 9.88 Å². The molecule has 9 heteroatoms. The zero-order valence-corrected chi connectivity index (χ0v) is 12.2. The van der Waals surface area contributed by atoms with Crippen molar-refractivity contribution in [2.75, 3.05) is 11.9 Å². The lowest BCUT2D eigenvalue weighted by molar-refractivity contribution is -0.137. The number of hydrogen-bond donors (Lipinski definition) is 1. The molecule has 22 heavy (non-hydrogen) atoms. The van der Waals surface area contributed by atoms with Gasteiger partial charge in [0.25, 0.3) is 0 Å². The number of anilines is 1. The van der Waals surface area contributed by atoms with E-state index in [9.17, 15) is 13.2 Å². The number of aromatic nitrogens is 4. The van der Waals surface area contributed by atoms with Crippen LogP contribution >= 0.6 is 11.6 Å². The molecule has 2 aromatic heterocycles. The summed E-state index contributed by atoms with van der Waals surface area (Å²) in [6, 6.07) is 0.867. The lowest BCUT2D eigenvalue weighted by Gasteiger charge is -2.10. The van der Waals surface area contributed by atoms with Crippen molar-refractivity contribution in [2.24, 2.45) is 0 Å². The van der Waals surface area contributed by atoms with Crippen LogP contribution < -0.4 is 5.32 Å². The van der Waals surface area contributed by atoms with Gasteiger partial charge in [0.15, 0.2) is 0 Å². The highest BCUT2D eigenvalue weighted by Gasteiger charge is 2.31.